The molecule has 2 unspecified atom stereocenters. The fraction of sp³-hybridized carbons (Fsp3) is 0.375. The predicted octanol–water partition coefficient (Wildman–Crippen LogP) is 5.56. The summed E-state index contributed by atoms with van der Waals surface area (Å²) in [5.74, 6) is 1.00. The van der Waals surface area contributed by atoms with Gasteiger partial charge in [0.25, 0.3) is 5.91 Å². The molecule has 160 valence electrons. The zero-order valence-corrected chi connectivity index (χ0v) is 18.9. The Morgan fingerprint density at radius 3 is 2.68 bits per heavy atom. The molecule has 1 aliphatic heterocycles. The number of halogens is 1. The van der Waals surface area contributed by atoms with E-state index >= 15 is 0 Å². The van der Waals surface area contributed by atoms with Crippen molar-refractivity contribution in [1.82, 2.24) is 9.88 Å². The normalized spacial score (nSPS) is 21.3. The number of hydrogen-bond acceptors (Lipinski definition) is 4. The number of anilines is 1. The molecule has 2 aromatic carbocycles. The van der Waals surface area contributed by atoms with E-state index < -0.39 is 0 Å². The molecule has 2 amide bonds. The van der Waals surface area contributed by atoms with Gasteiger partial charge >= 0.3 is 0 Å². The third-order valence-electron chi connectivity index (χ3n) is 6.32. The van der Waals surface area contributed by atoms with Crippen molar-refractivity contribution in [2.45, 2.75) is 32.1 Å². The molecule has 0 bridgehead atoms. The van der Waals surface area contributed by atoms with Crippen LogP contribution in [0.5, 0.6) is 0 Å². The lowest BCUT2D eigenvalue weighted by Crippen LogP contribution is -2.37. The summed E-state index contributed by atoms with van der Waals surface area (Å²) in [7, 11) is 0. The van der Waals surface area contributed by atoms with Crippen LogP contribution in [0.3, 0.4) is 0 Å². The molecule has 1 saturated carbocycles. The van der Waals surface area contributed by atoms with Crippen LogP contribution in [-0.4, -0.2) is 34.8 Å². The summed E-state index contributed by atoms with van der Waals surface area (Å²) >= 11 is 7.81. The van der Waals surface area contributed by atoms with Crippen LogP contribution in [0.1, 0.15) is 47.5 Å². The van der Waals surface area contributed by atoms with Gasteiger partial charge in [0.05, 0.1) is 15.2 Å². The number of likely N-dealkylation sites (tertiary alicyclic amines) is 1. The van der Waals surface area contributed by atoms with Gasteiger partial charge in [-0.15, -0.1) is 11.3 Å². The summed E-state index contributed by atoms with van der Waals surface area (Å²) in [6.07, 6.45) is 2.74. The quantitative estimate of drug-likeness (QED) is 0.562. The third kappa shape index (κ3) is 4.32. The Kier molecular flexibility index (Phi) is 5.44. The van der Waals surface area contributed by atoms with Crippen LogP contribution in [0.2, 0.25) is 5.02 Å². The smallest absolute Gasteiger partial charge is 0.253 e. The van der Waals surface area contributed by atoms with E-state index in [1.807, 2.05) is 41.3 Å². The molecule has 2 aliphatic rings. The molecule has 2 fully saturated rings. The lowest BCUT2D eigenvalue weighted by atomic mass is 9.97. The molecule has 1 N–H and O–H groups in total. The number of amides is 2. The summed E-state index contributed by atoms with van der Waals surface area (Å²) < 4.78 is 1.15. The molecule has 2 heterocycles. The minimum atomic E-state index is 0.0189. The topological polar surface area (TPSA) is 62.3 Å². The van der Waals surface area contributed by atoms with Crippen LogP contribution in [0.4, 0.5) is 5.69 Å². The minimum absolute atomic E-state index is 0.0189. The highest BCUT2D eigenvalue weighted by atomic mass is 35.5. The summed E-state index contributed by atoms with van der Waals surface area (Å²) in [5.41, 5.74) is 2.26. The molecule has 31 heavy (non-hydrogen) atoms. The average molecular weight is 454 g/mol. The zero-order valence-electron chi connectivity index (χ0n) is 17.3. The Bertz CT molecular complexity index is 1150. The van der Waals surface area contributed by atoms with Gasteiger partial charge in [-0.25, -0.2) is 4.98 Å². The number of benzene rings is 2. The number of carbonyl (C=O) groups is 2. The lowest BCUT2D eigenvalue weighted by Gasteiger charge is -2.31. The van der Waals surface area contributed by atoms with E-state index in [-0.39, 0.29) is 17.7 Å². The Morgan fingerprint density at radius 2 is 1.94 bits per heavy atom. The number of fused-ring (bicyclic) bond motifs is 1. The standard InChI is InChI=1S/C24H24ClN3O2S/c1-14-11-19(14)22(29)26-18-4-2-3-16(12-18)24(30)28-9-7-15(8-10-28)23-27-20-13-17(25)5-6-21(20)31-23/h2-6,12-15,19H,7-11H2,1H3,(H,26,29). The first-order valence-corrected chi connectivity index (χ1v) is 11.9. The van der Waals surface area contributed by atoms with Crippen molar-refractivity contribution in [2.24, 2.45) is 11.8 Å². The average Bonchev–Trinajstić information content (AvgIpc) is 3.36. The number of hydrogen-bond donors (Lipinski definition) is 1. The molecule has 5 nitrogen and oxygen atoms in total. The molecule has 0 radical (unpaired) electrons. The van der Waals surface area contributed by atoms with Crippen molar-refractivity contribution in [3.8, 4) is 0 Å². The van der Waals surface area contributed by atoms with Crippen molar-refractivity contribution >= 4 is 50.7 Å². The summed E-state index contributed by atoms with van der Waals surface area (Å²) in [4.78, 5) is 31.9. The number of nitrogens with zero attached hydrogens (tertiary/aromatic N) is 2. The van der Waals surface area contributed by atoms with Crippen LogP contribution in [0, 0.1) is 11.8 Å². The maximum atomic E-state index is 13.0. The summed E-state index contributed by atoms with van der Waals surface area (Å²) in [6, 6.07) is 13.1. The van der Waals surface area contributed by atoms with Gasteiger partial charge in [0.15, 0.2) is 0 Å². The summed E-state index contributed by atoms with van der Waals surface area (Å²) in [6.45, 7) is 3.49. The van der Waals surface area contributed by atoms with E-state index in [1.165, 1.54) is 0 Å². The molecule has 7 heteroatoms. The minimum Gasteiger partial charge on any atom is -0.339 e. The van der Waals surface area contributed by atoms with Gasteiger partial charge in [0.2, 0.25) is 5.91 Å². The van der Waals surface area contributed by atoms with Gasteiger partial charge in [-0.3, -0.25) is 9.59 Å². The molecule has 5 rings (SSSR count). The first-order chi connectivity index (χ1) is 15.0. The highest BCUT2D eigenvalue weighted by molar-refractivity contribution is 7.18. The van der Waals surface area contributed by atoms with Gasteiger partial charge in [-0.1, -0.05) is 24.6 Å². The molecule has 0 spiro atoms. The first-order valence-electron chi connectivity index (χ1n) is 10.7. The Morgan fingerprint density at radius 1 is 1.16 bits per heavy atom. The van der Waals surface area contributed by atoms with Gasteiger partial charge < -0.3 is 10.2 Å². The van der Waals surface area contributed by atoms with Crippen molar-refractivity contribution in [1.29, 1.82) is 0 Å². The number of piperidine rings is 1. The molecular weight excluding hydrogens is 430 g/mol. The number of carbonyl (C=O) groups excluding carboxylic acids is 2. The second-order valence-corrected chi connectivity index (χ2v) is 10.1. The monoisotopic (exact) mass is 453 g/mol. The molecule has 2 atom stereocenters. The number of nitrogens with one attached hydrogen (secondary N) is 1. The van der Waals surface area contributed by atoms with Gasteiger partial charge in [-0.05, 0) is 61.6 Å². The van der Waals surface area contributed by atoms with E-state index in [1.54, 1.807) is 17.4 Å². The van der Waals surface area contributed by atoms with E-state index in [2.05, 4.69) is 12.2 Å². The van der Waals surface area contributed by atoms with Gasteiger partial charge in [0, 0.05) is 41.2 Å². The van der Waals surface area contributed by atoms with Gasteiger partial charge in [0.1, 0.15) is 0 Å². The Balaban J connectivity index is 1.22. The van der Waals surface area contributed by atoms with Crippen LogP contribution < -0.4 is 5.32 Å². The number of thiazole rings is 1. The van der Waals surface area contributed by atoms with Crippen LogP contribution >= 0.6 is 22.9 Å². The predicted molar refractivity (Wildman–Crippen MR) is 125 cm³/mol. The maximum Gasteiger partial charge on any atom is 0.253 e. The fourth-order valence-corrected chi connectivity index (χ4v) is 5.54. The molecule has 3 aromatic rings. The second-order valence-electron chi connectivity index (χ2n) is 8.62. The molecule has 1 aromatic heterocycles. The zero-order chi connectivity index (χ0) is 21.5. The van der Waals surface area contributed by atoms with Gasteiger partial charge in [-0.2, -0.15) is 0 Å². The second kappa shape index (κ2) is 8.24. The van der Waals surface area contributed by atoms with E-state index in [9.17, 15) is 9.59 Å². The van der Waals surface area contributed by atoms with Crippen molar-refractivity contribution < 1.29 is 9.59 Å². The third-order valence-corrected chi connectivity index (χ3v) is 7.75. The van der Waals surface area contributed by atoms with E-state index in [0.29, 0.717) is 41.2 Å². The maximum absolute atomic E-state index is 13.0. The highest BCUT2D eigenvalue weighted by Crippen LogP contribution is 2.38. The van der Waals surface area contributed by atoms with Crippen molar-refractivity contribution in [2.75, 3.05) is 18.4 Å². The van der Waals surface area contributed by atoms with Crippen molar-refractivity contribution in [3.63, 3.8) is 0 Å². The van der Waals surface area contributed by atoms with E-state index in [0.717, 1.165) is 34.5 Å². The number of aromatic nitrogens is 1. The van der Waals surface area contributed by atoms with Crippen LogP contribution in [0.15, 0.2) is 42.5 Å². The highest BCUT2D eigenvalue weighted by Gasteiger charge is 2.39. The van der Waals surface area contributed by atoms with Crippen LogP contribution in [-0.2, 0) is 4.79 Å². The number of rotatable bonds is 4. The Labute approximate surface area is 190 Å². The van der Waals surface area contributed by atoms with Crippen molar-refractivity contribution in [3.05, 3.63) is 58.1 Å². The molecule has 1 saturated heterocycles. The largest absolute Gasteiger partial charge is 0.339 e. The lowest BCUT2D eigenvalue weighted by molar-refractivity contribution is -0.117. The molecular formula is C24H24ClN3O2S. The Hall–Kier alpha value is -2.44. The summed E-state index contributed by atoms with van der Waals surface area (Å²) in [5, 5.41) is 4.78. The fourth-order valence-electron chi connectivity index (χ4n) is 4.26. The first kappa shape index (κ1) is 20.5. The van der Waals surface area contributed by atoms with E-state index in [4.69, 9.17) is 16.6 Å². The SMILES string of the molecule is CC1CC1C(=O)Nc1cccc(C(=O)N2CCC(c3nc4cc(Cl)ccc4s3)CC2)c1. The van der Waals surface area contributed by atoms with Crippen LogP contribution in [0.25, 0.3) is 10.2 Å². The molecule has 1 aliphatic carbocycles.